The van der Waals surface area contributed by atoms with Crippen LogP contribution in [-0.4, -0.2) is 32.7 Å². The SMILES string of the molecule is CCc1ccc(N2CCCC(CCc3cc(CC)cc4c3C=C(c3cn5nc(C)sc5n3)C4)C2)nc1. The number of piperidine rings is 1. The molecule has 1 fully saturated rings. The fourth-order valence-corrected chi connectivity index (χ4v) is 6.55. The summed E-state index contributed by atoms with van der Waals surface area (Å²) in [5, 5.41) is 5.61. The fourth-order valence-electron chi connectivity index (χ4n) is 5.82. The molecule has 6 rings (SSSR count). The van der Waals surface area contributed by atoms with E-state index in [1.165, 1.54) is 52.7 Å². The molecule has 1 unspecified atom stereocenters. The van der Waals surface area contributed by atoms with E-state index in [1.807, 2.05) is 17.6 Å². The van der Waals surface area contributed by atoms with Gasteiger partial charge in [-0.3, -0.25) is 0 Å². The molecule has 1 aliphatic heterocycles. The van der Waals surface area contributed by atoms with Gasteiger partial charge in [0.15, 0.2) is 0 Å². The highest BCUT2D eigenvalue weighted by atomic mass is 32.1. The van der Waals surface area contributed by atoms with Crippen LogP contribution in [0.4, 0.5) is 5.82 Å². The standard InChI is InChI=1S/C30H35N5S/c1-4-21-9-11-29(31-17-21)34-12-6-7-23(18-34)8-10-24-13-22(5-2)14-25-15-26(16-27(24)25)28-19-35-30(32-28)36-20(3)33-35/h9,11,13-14,16-17,19,23H,4-8,10,12,15,18H2,1-3H3. The van der Waals surface area contributed by atoms with E-state index in [9.17, 15) is 0 Å². The molecule has 0 radical (unpaired) electrons. The molecule has 0 N–H and O–H groups in total. The first-order valence-corrected chi connectivity index (χ1v) is 14.3. The van der Waals surface area contributed by atoms with E-state index in [0.717, 1.165) is 60.3 Å². The van der Waals surface area contributed by atoms with Crippen LogP contribution in [-0.2, 0) is 25.7 Å². The highest BCUT2D eigenvalue weighted by molar-refractivity contribution is 7.16. The zero-order valence-corrected chi connectivity index (χ0v) is 22.4. The zero-order valence-electron chi connectivity index (χ0n) is 21.6. The summed E-state index contributed by atoms with van der Waals surface area (Å²) in [4.78, 5) is 13.1. The average molecular weight is 498 g/mol. The van der Waals surface area contributed by atoms with E-state index < -0.39 is 0 Å². The first-order chi connectivity index (χ1) is 17.6. The van der Waals surface area contributed by atoms with Gasteiger partial charge < -0.3 is 4.90 Å². The fraction of sp³-hybridized carbons (Fsp3) is 0.433. The van der Waals surface area contributed by atoms with E-state index in [2.05, 4.69) is 60.4 Å². The van der Waals surface area contributed by atoms with Crippen LogP contribution in [0.25, 0.3) is 16.6 Å². The molecule has 6 heteroatoms. The molecule has 0 saturated carbocycles. The topological polar surface area (TPSA) is 46.3 Å². The third kappa shape index (κ3) is 4.59. The maximum atomic E-state index is 4.88. The van der Waals surface area contributed by atoms with Crippen molar-refractivity contribution in [3.63, 3.8) is 0 Å². The van der Waals surface area contributed by atoms with Gasteiger partial charge in [-0.2, -0.15) is 5.10 Å². The van der Waals surface area contributed by atoms with E-state index in [0.29, 0.717) is 5.92 Å². The van der Waals surface area contributed by atoms with Gasteiger partial charge in [0.2, 0.25) is 4.96 Å². The number of aromatic nitrogens is 4. The van der Waals surface area contributed by atoms with Crippen LogP contribution in [0, 0.1) is 12.8 Å². The Labute approximate surface area is 217 Å². The van der Waals surface area contributed by atoms with Gasteiger partial charge in [0.25, 0.3) is 0 Å². The summed E-state index contributed by atoms with van der Waals surface area (Å²) in [7, 11) is 0. The van der Waals surface area contributed by atoms with Gasteiger partial charge in [-0.15, -0.1) is 0 Å². The average Bonchev–Trinajstić information content (AvgIpc) is 3.60. The molecule has 0 bridgehead atoms. The predicted octanol–water partition coefficient (Wildman–Crippen LogP) is 6.56. The molecular weight excluding hydrogens is 462 g/mol. The van der Waals surface area contributed by atoms with Crippen molar-refractivity contribution in [2.45, 2.75) is 65.7 Å². The Morgan fingerprint density at radius 3 is 2.78 bits per heavy atom. The van der Waals surface area contributed by atoms with Crippen LogP contribution in [0.15, 0.2) is 36.7 Å². The quantitative estimate of drug-likeness (QED) is 0.290. The lowest BCUT2D eigenvalue weighted by Crippen LogP contribution is -2.36. The molecule has 2 aliphatic rings. The van der Waals surface area contributed by atoms with Gasteiger partial charge in [-0.25, -0.2) is 14.5 Å². The van der Waals surface area contributed by atoms with Crippen LogP contribution >= 0.6 is 11.3 Å². The summed E-state index contributed by atoms with van der Waals surface area (Å²) in [5.41, 5.74) is 9.56. The summed E-state index contributed by atoms with van der Waals surface area (Å²) >= 11 is 1.65. The molecule has 0 amide bonds. The molecule has 4 heterocycles. The number of hydrogen-bond donors (Lipinski definition) is 0. The lowest BCUT2D eigenvalue weighted by Gasteiger charge is -2.34. The van der Waals surface area contributed by atoms with Crippen molar-refractivity contribution < 1.29 is 0 Å². The molecular formula is C30H35N5S. The minimum absolute atomic E-state index is 0.714. The maximum Gasteiger partial charge on any atom is 0.212 e. The Morgan fingerprint density at radius 1 is 1.11 bits per heavy atom. The Bertz CT molecular complexity index is 1380. The smallest absolute Gasteiger partial charge is 0.212 e. The van der Waals surface area contributed by atoms with E-state index >= 15 is 0 Å². The lowest BCUT2D eigenvalue weighted by molar-refractivity contribution is 0.390. The molecule has 1 aliphatic carbocycles. The molecule has 186 valence electrons. The van der Waals surface area contributed by atoms with Gasteiger partial charge in [-0.1, -0.05) is 43.4 Å². The van der Waals surface area contributed by atoms with E-state index in [4.69, 9.17) is 9.97 Å². The van der Waals surface area contributed by atoms with Crippen molar-refractivity contribution in [2.75, 3.05) is 18.0 Å². The Kier molecular flexibility index (Phi) is 6.38. The minimum Gasteiger partial charge on any atom is -0.356 e. The van der Waals surface area contributed by atoms with Crippen molar-refractivity contribution in [1.82, 2.24) is 19.6 Å². The highest BCUT2D eigenvalue weighted by Gasteiger charge is 2.24. The number of imidazole rings is 1. The largest absolute Gasteiger partial charge is 0.356 e. The summed E-state index contributed by atoms with van der Waals surface area (Å²) in [5.74, 6) is 1.86. The third-order valence-electron chi connectivity index (χ3n) is 7.87. The number of nitrogens with zero attached hydrogens (tertiary/aromatic N) is 5. The summed E-state index contributed by atoms with van der Waals surface area (Å²) in [6, 6.07) is 9.32. The monoisotopic (exact) mass is 497 g/mol. The van der Waals surface area contributed by atoms with Gasteiger partial charge in [0.1, 0.15) is 10.8 Å². The van der Waals surface area contributed by atoms with Crippen molar-refractivity contribution >= 4 is 33.8 Å². The second kappa shape index (κ2) is 9.81. The van der Waals surface area contributed by atoms with Crippen LogP contribution in [0.1, 0.15) is 71.6 Å². The second-order valence-corrected chi connectivity index (χ2v) is 11.5. The van der Waals surface area contributed by atoms with E-state index in [1.54, 1.807) is 11.3 Å². The molecule has 3 aromatic heterocycles. The first kappa shape index (κ1) is 23.4. The van der Waals surface area contributed by atoms with Gasteiger partial charge >= 0.3 is 0 Å². The molecule has 1 aromatic carbocycles. The molecule has 4 aromatic rings. The number of benzene rings is 1. The van der Waals surface area contributed by atoms with Crippen molar-refractivity contribution in [3.05, 3.63) is 75.2 Å². The number of pyridine rings is 1. The summed E-state index contributed by atoms with van der Waals surface area (Å²) in [6.45, 7) is 8.73. The molecule has 5 nitrogen and oxygen atoms in total. The van der Waals surface area contributed by atoms with Crippen LogP contribution in [0.5, 0.6) is 0 Å². The highest BCUT2D eigenvalue weighted by Crippen LogP contribution is 2.36. The molecule has 0 spiro atoms. The number of fused-ring (bicyclic) bond motifs is 2. The molecule has 1 saturated heterocycles. The van der Waals surface area contributed by atoms with Gasteiger partial charge in [-0.05, 0) is 96.9 Å². The Morgan fingerprint density at radius 2 is 2.00 bits per heavy atom. The molecule has 1 atom stereocenters. The number of aryl methyl sites for hydroxylation is 4. The van der Waals surface area contributed by atoms with E-state index in [-0.39, 0.29) is 0 Å². The number of hydrogen-bond acceptors (Lipinski definition) is 5. The lowest BCUT2D eigenvalue weighted by atomic mass is 9.89. The zero-order chi connectivity index (χ0) is 24.6. The second-order valence-electron chi connectivity index (χ2n) is 10.4. The maximum absolute atomic E-state index is 4.88. The third-order valence-corrected chi connectivity index (χ3v) is 8.71. The van der Waals surface area contributed by atoms with Crippen LogP contribution in [0.2, 0.25) is 0 Å². The predicted molar refractivity (Wildman–Crippen MR) is 150 cm³/mol. The van der Waals surface area contributed by atoms with Crippen molar-refractivity contribution in [1.29, 1.82) is 0 Å². The van der Waals surface area contributed by atoms with Crippen molar-refractivity contribution in [2.24, 2.45) is 5.92 Å². The normalized spacial score (nSPS) is 17.6. The number of rotatable bonds is 7. The van der Waals surface area contributed by atoms with Crippen molar-refractivity contribution in [3.8, 4) is 0 Å². The first-order valence-electron chi connectivity index (χ1n) is 13.5. The minimum atomic E-state index is 0.714. The summed E-state index contributed by atoms with van der Waals surface area (Å²) in [6.07, 6.45) is 14.6. The summed E-state index contributed by atoms with van der Waals surface area (Å²) < 4.78 is 1.93. The number of allylic oxidation sites excluding steroid dienone is 1. The van der Waals surface area contributed by atoms with Gasteiger partial charge in [0.05, 0.1) is 11.9 Å². The number of anilines is 1. The van der Waals surface area contributed by atoms with Gasteiger partial charge in [0, 0.05) is 25.7 Å². The van der Waals surface area contributed by atoms with Crippen LogP contribution in [0.3, 0.4) is 0 Å². The molecule has 36 heavy (non-hydrogen) atoms. The van der Waals surface area contributed by atoms with Crippen LogP contribution < -0.4 is 4.90 Å². The Balaban J connectivity index is 1.19. The Hall–Kier alpha value is -2.99.